The number of guanidine groups is 1. The normalized spacial score (nSPS) is 11.9. The molecule has 0 saturated carbocycles. The number of benzene rings is 2. The second-order valence-electron chi connectivity index (χ2n) is 8.96. The van der Waals surface area contributed by atoms with Crippen LogP contribution < -0.4 is 27.9 Å². The van der Waals surface area contributed by atoms with Gasteiger partial charge in [-0.15, -0.1) is 0 Å². The monoisotopic (exact) mass is 540 g/mol. The molecule has 2 rings (SSSR count). The van der Waals surface area contributed by atoms with Gasteiger partial charge < -0.3 is 27.4 Å². The minimum Gasteiger partial charge on any atom is -0.368 e. The lowest BCUT2D eigenvalue weighted by atomic mass is 10.0. The van der Waals surface area contributed by atoms with E-state index in [1.807, 2.05) is 12.1 Å². The molecule has 0 bridgehead atoms. The summed E-state index contributed by atoms with van der Waals surface area (Å²) < 4.78 is 0. The lowest BCUT2D eigenvalue weighted by Crippen LogP contribution is -2.47. The van der Waals surface area contributed by atoms with E-state index in [9.17, 15) is 24.5 Å². The number of hydrogen-bond donors (Lipinski definition) is 5. The van der Waals surface area contributed by atoms with E-state index in [1.54, 1.807) is 41.8 Å². The standard InChI is InChI=1S/C26H36N8O5/c1-2-3-5-18-11-13-21(14-12-18)24(36)33(17-20-9-7-19(8-10-20)16-31-26(29)37)22(23(27)35)6-4-15-30-25(28)32-34(38)39/h7-14,22H,2-6,15-17H2,1H3,(H2,27,35)(H3,28,30,32)(H3,29,31,37)/t22-/m1/s1. The van der Waals surface area contributed by atoms with Crippen LogP contribution in [0.2, 0.25) is 0 Å². The van der Waals surface area contributed by atoms with Crippen molar-refractivity contribution < 1.29 is 19.4 Å². The van der Waals surface area contributed by atoms with Crippen LogP contribution in [-0.2, 0) is 24.3 Å². The Bertz CT molecular complexity index is 1150. The number of amides is 4. The third-order valence-electron chi connectivity index (χ3n) is 5.95. The van der Waals surface area contributed by atoms with Gasteiger partial charge in [-0.3, -0.25) is 9.59 Å². The van der Waals surface area contributed by atoms with Gasteiger partial charge in [-0.1, -0.05) is 55.2 Å². The second-order valence-corrected chi connectivity index (χ2v) is 8.96. The van der Waals surface area contributed by atoms with E-state index in [0.717, 1.165) is 36.0 Å². The summed E-state index contributed by atoms with van der Waals surface area (Å²) >= 11 is 0. The number of carbonyl (C=O) groups is 3. The van der Waals surface area contributed by atoms with Crippen LogP contribution in [0.5, 0.6) is 0 Å². The van der Waals surface area contributed by atoms with Crippen LogP contribution in [0.25, 0.3) is 0 Å². The number of hydrogen-bond acceptors (Lipinski definition) is 6. The first-order valence-electron chi connectivity index (χ1n) is 12.6. The molecule has 13 heteroatoms. The summed E-state index contributed by atoms with van der Waals surface area (Å²) in [7, 11) is 0. The highest BCUT2D eigenvalue weighted by Gasteiger charge is 2.29. The van der Waals surface area contributed by atoms with Gasteiger partial charge in [0.25, 0.3) is 11.9 Å². The summed E-state index contributed by atoms with van der Waals surface area (Å²) in [5.74, 6) is -1.42. The van der Waals surface area contributed by atoms with Crippen LogP contribution in [-0.4, -0.2) is 46.3 Å². The second kappa shape index (κ2) is 15.5. The molecular weight excluding hydrogens is 504 g/mol. The molecule has 0 fully saturated rings. The van der Waals surface area contributed by atoms with E-state index in [4.69, 9.17) is 17.2 Å². The van der Waals surface area contributed by atoms with Crippen molar-refractivity contribution in [2.45, 2.75) is 58.2 Å². The Hall–Kier alpha value is -4.68. The first-order chi connectivity index (χ1) is 18.6. The molecule has 0 aliphatic rings. The minimum absolute atomic E-state index is 0.0895. The molecule has 2 aromatic carbocycles. The largest absolute Gasteiger partial charge is 0.368 e. The maximum Gasteiger partial charge on any atom is 0.312 e. The number of nitrogens with zero attached hydrogens (tertiary/aromatic N) is 3. The zero-order chi connectivity index (χ0) is 28.8. The van der Waals surface area contributed by atoms with Gasteiger partial charge >= 0.3 is 6.03 Å². The number of rotatable bonds is 15. The molecule has 0 unspecified atom stereocenters. The van der Waals surface area contributed by atoms with Crippen LogP contribution >= 0.6 is 0 Å². The maximum absolute atomic E-state index is 13.7. The van der Waals surface area contributed by atoms with Crippen molar-refractivity contribution in [1.29, 1.82) is 0 Å². The zero-order valence-corrected chi connectivity index (χ0v) is 22.0. The van der Waals surface area contributed by atoms with Gasteiger partial charge in [0.15, 0.2) is 5.03 Å². The van der Waals surface area contributed by atoms with E-state index in [2.05, 4.69) is 17.2 Å². The molecule has 0 heterocycles. The number of nitrogens with two attached hydrogens (primary N) is 3. The molecule has 8 N–H and O–H groups in total. The highest BCUT2D eigenvalue weighted by molar-refractivity contribution is 5.97. The Kier molecular flexibility index (Phi) is 12.2. The quantitative estimate of drug-likeness (QED) is 0.0738. The van der Waals surface area contributed by atoms with Crippen molar-refractivity contribution in [3.8, 4) is 0 Å². The third-order valence-corrected chi connectivity index (χ3v) is 5.95. The molecule has 0 radical (unpaired) electrons. The molecule has 13 nitrogen and oxygen atoms in total. The van der Waals surface area contributed by atoms with Gasteiger partial charge in [0.05, 0.1) is 0 Å². The lowest BCUT2D eigenvalue weighted by molar-refractivity contribution is -0.525. The molecule has 0 aromatic heterocycles. The Morgan fingerprint density at radius 3 is 2.15 bits per heavy atom. The lowest BCUT2D eigenvalue weighted by Gasteiger charge is -2.30. The average Bonchev–Trinajstić information content (AvgIpc) is 2.89. The van der Waals surface area contributed by atoms with Crippen LogP contribution in [0, 0.1) is 10.1 Å². The fourth-order valence-electron chi connectivity index (χ4n) is 3.90. The van der Waals surface area contributed by atoms with Crippen LogP contribution in [0.1, 0.15) is 59.7 Å². The van der Waals surface area contributed by atoms with Crippen molar-refractivity contribution in [2.75, 3.05) is 6.54 Å². The van der Waals surface area contributed by atoms with E-state index in [0.29, 0.717) is 12.0 Å². The van der Waals surface area contributed by atoms with E-state index >= 15 is 0 Å². The van der Waals surface area contributed by atoms with Gasteiger partial charge in [-0.2, -0.15) is 0 Å². The van der Waals surface area contributed by atoms with E-state index < -0.39 is 23.0 Å². The van der Waals surface area contributed by atoms with Gasteiger partial charge in [0.1, 0.15) is 6.04 Å². The van der Waals surface area contributed by atoms with Crippen LogP contribution in [0.3, 0.4) is 0 Å². The Morgan fingerprint density at radius 1 is 0.974 bits per heavy atom. The predicted octanol–water partition coefficient (Wildman–Crippen LogP) is 1.57. The number of urea groups is 1. The fourth-order valence-corrected chi connectivity index (χ4v) is 3.90. The number of aryl methyl sites for hydroxylation is 1. The number of hydrazine groups is 1. The molecule has 1 atom stereocenters. The van der Waals surface area contributed by atoms with E-state index in [-0.39, 0.29) is 37.9 Å². The predicted molar refractivity (Wildman–Crippen MR) is 147 cm³/mol. The molecule has 210 valence electrons. The Balaban J connectivity index is 2.26. The Morgan fingerprint density at radius 2 is 1.59 bits per heavy atom. The molecule has 0 spiro atoms. The maximum atomic E-state index is 13.7. The molecule has 0 saturated heterocycles. The molecule has 0 aliphatic carbocycles. The number of carbonyl (C=O) groups excluding carboxylic acids is 3. The molecule has 4 amide bonds. The van der Waals surface area contributed by atoms with Crippen LogP contribution in [0.15, 0.2) is 53.5 Å². The van der Waals surface area contributed by atoms with Crippen LogP contribution in [0.4, 0.5) is 4.79 Å². The topological polar surface area (TPSA) is 212 Å². The smallest absolute Gasteiger partial charge is 0.312 e. The summed E-state index contributed by atoms with van der Waals surface area (Å²) in [5.41, 5.74) is 21.1. The van der Waals surface area contributed by atoms with Crippen molar-refractivity contribution >= 4 is 23.8 Å². The number of nitro groups is 1. The molecule has 39 heavy (non-hydrogen) atoms. The number of unbranched alkanes of at least 4 members (excludes halogenated alkanes) is 1. The first-order valence-corrected chi connectivity index (χ1v) is 12.6. The number of primary amides is 2. The van der Waals surface area contributed by atoms with Gasteiger partial charge in [-0.05, 0) is 54.5 Å². The minimum atomic E-state index is -0.964. The average molecular weight is 541 g/mol. The van der Waals surface area contributed by atoms with Gasteiger partial charge in [0, 0.05) is 25.2 Å². The SMILES string of the molecule is CCCCc1ccc(C(=O)N(Cc2ccc(CNC(N)=O)cc2)[C@H](CCCN=C(N)N[N+](=O)[O-])C(N)=O)cc1. The third kappa shape index (κ3) is 10.7. The number of aliphatic imine (C=N–C) groups is 1. The van der Waals surface area contributed by atoms with Crippen molar-refractivity contribution in [2.24, 2.45) is 22.2 Å². The highest BCUT2D eigenvalue weighted by atomic mass is 16.7. The summed E-state index contributed by atoms with van der Waals surface area (Å²) in [5, 5.41) is 12.2. The first kappa shape index (κ1) is 30.5. The summed E-state index contributed by atoms with van der Waals surface area (Å²) in [6, 6.07) is 12.8. The van der Waals surface area contributed by atoms with Crippen molar-refractivity contribution in [1.82, 2.24) is 15.6 Å². The summed E-state index contributed by atoms with van der Waals surface area (Å²) in [4.78, 5) is 52.9. The fraction of sp³-hybridized carbons (Fsp3) is 0.385. The molecular formula is C26H36N8O5. The Labute approximate surface area is 226 Å². The van der Waals surface area contributed by atoms with E-state index in [1.165, 1.54) is 4.90 Å². The van der Waals surface area contributed by atoms with Gasteiger partial charge in [0.2, 0.25) is 5.91 Å². The summed E-state index contributed by atoms with van der Waals surface area (Å²) in [6.45, 7) is 2.55. The highest BCUT2D eigenvalue weighted by Crippen LogP contribution is 2.19. The summed E-state index contributed by atoms with van der Waals surface area (Å²) in [6.07, 6.45) is 3.48. The van der Waals surface area contributed by atoms with Gasteiger partial charge in [-0.25, -0.2) is 19.9 Å². The molecule has 0 aliphatic heterocycles. The zero-order valence-electron chi connectivity index (χ0n) is 22.0. The number of nitrogens with one attached hydrogen (secondary N) is 2. The molecule has 2 aromatic rings. The van der Waals surface area contributed by atoms with Crippen molar-refractivity contribution in [3.05, 3.63) is 80.9 Å². The van der Waals surface area contributed by atoms with Crippen molar-refractivity contribution in [3.63, 3.8) is 0 Å².